The summed E-state index contributed by atoms with van der Waals surface area (Å²) in [5, 5.41) is 8.03. The van der Waals surface area contributed by atoms with E-state index in [0.717, 1.165) is 30.4 Å². The lowest BCUT2D eigenvalue weighted by atomic mass is 10.2. The van der Waals surface area contributed by atoms with E-state index in [-0.39, 0.29) is 24.7 Å². The molecule has 25 heavy (non-hydrogen) atoms. The fraction of sp³-hybridized carbons (Fsp3) is 0.556. The van der Waals surface area contributed by atoms with Gasteiger partial charge in [0.25, 0.3) is 5.91 Å². The molecule has 7 heteroatoms. The van der Waals surface area contributed by atoms with E-state index in [1.807, 2.05) is 39.1 Å². The van der Waals surface area contributed by atoms with Crippen LogP contribution in [0.4, 0.5) is 5.82 Å². The normalized spacial score (nSPS) is 17.4. The molecule has 1 saturated heterocycles. The third-order valence-corrected chi connectivity index (χ3v) is 4.02. The van der Waals surface area contributed by atoms with Gasteiger partial charge in [0, 0.05) is 13.7 Å². The number of amides is 1. The van der Waals surface area contributed by atoms with Gasteiger partial charge in [-0.25, -0.2) is 0 Å². The van der Waals surface area contributed by atoms with Crippen molar-refractivity contribution in [1.82, 2.24) is 9.78 Å². The van der Waals surface area contributed by atoms with Gasteiger partial charge in [0.15, 0.2) is 5.82 Å². The van der Waals surface area contributed by atoms with Crippen molar-refractivity contribution in [1.29, 1.82) is 0 Å². The lowest BCUT2D eigenvalue weighted by Gasteiger charge is -2.12. The van der Waals surface area contributed by atoms with Crippen molar-refractivity contribution in [3.8, 4) is 5.75 Å². The van der Waals surface area contributed by atoms with Crippen LogP contribution in [0, 0.1) is 0 Å². The summed E-state index contributed by atoms with van der Waals surface area (Å²) < 4.78 is 18.5. The van der Waals surface area contributed by atoms with Gasteiger partial charge in [-0.1, -0.05) is 6.07 Å². The van der Waals surface area contributed by atoms with Crippen molar-refractivity contribution in [3.05, 3.63) is 18.2 Å². The predicted molar refractivity (Wildman–Crippen MR) is 94.9 cm³/mol. The molecule has 7 nitrogen and oxygen atoms in total. The van der Waals surface area contributed by atoms with Gasteiger partial charge in [0.1, 0.15) is 12.4 Å². The lowest BCUT2D eigenvalue weighted by Crippen LogP contribution is -2.22. The lowest BCUT2D eigenvalue weighted by molar-refractivity contribution is -0.121. The van der Waals surface area contributed by atoms with Crippen molar-refractivity contribution in [2.24, 2.45) is 7.05 Å². The topological polar surface area (TPSA) is 74.6 Å². The number of ether oxygens (including phenoxy) is 3. The van der Waals surface area contributed by atoms with E-state index in [1.165, 1.54) is 0 Å². The van der Waals surface area contributed by atoms with Crippen molar-refractivity contribution < 1.29 is 19.0 Å². The van der Waals surface area contributed by atoms with E-state index in [4.69, 9.17) is 14.2 Å². The number of fused-ring (bicyclic) bond motifs is 1. The number of carbonyl (C=O) groups is 1. The van der Waals surface area contributed by atoms with Crippen LogP contribution in [-0.4, -0.2) is 47.7 Å². The largest absolute Gasteiger partial charge is 0.490 e. The van der Waals surface area contributed by atoms with Gasteiger partial charge in [0.05, 0.1) is 29.7 Å². The van der Waals surface area contributed by atoms with E-state index in [0.29, 0.717) is 18.2 Å². The Bertz CT molecular complexity index is 735. The van der Waals surface area contributed by atoms with Crippen LogP contribution < -0.4 is 10.1 Å². The van der Waals surface area contributed by atoms with Crippen molar-refractivity contribution in [3.63, 3.8) is 0 Å². The smallest absolute Gasteiger partial charge is 0.251 e. The molecule has 1 aromatic carbocycles. The van der Waals surface area contributed by atoms with Gasteiger partial charge in [-0.3, -0.25) is 9.48 Å². The minimum atomic E-state index is -0.239. The molecule has 0 bridgehead atoms. The molecule has 1 aromatic heterocycles. The van der Waals surface area contributed by atoms with Crippen LogP contribution in [0.1, 0.15) is 26.7 Å². The van der Waals surface area contributed by atoms with Gasteiger partial charge in [-0.15, -0.1) is 0 Å². The summed E-state index contributed by atoms with van der Waals surface area (Å²) in [5.41, 5.74) is 0.897. The summed E-state index contributed by atoms with van der Waals surface area (Å²) in [6, 6.07) is 5.74. The van der Waals surface area contributed by atoms with Gasteiger partial charge >= 0.3 is 0 Å². The minimum absolute atomic E-state index is 0.0227. The van der Waals surface area contributed by atoms with Crippen molar-refractivity contribution in [2.45, 2.75) is 38.9 Å². The Balaban J connectivity index is 1.68. The molecule has 2 heterocycles. The number of hydrogen-bond donors (Lipinski definition) is 1. The van der Waals surface area contributed by atoms with Crippen molar-refractivity contribution in [2.75, 3.05) is 25.1 Å². The van der Waals surface area contributed by atoms with E-state index >= 15 is 0 Å². The zero-order chi connectivity index (χ0) is 17.8. The Kier molecular flexibility index (Phi) is 5.55. The van der Waals surface area contributed by atoms with Gasteiger partial charge in [0.2, 0.25) is 0 Å². The Morgan fingerprint density at radius 3 is 3.04 bits per heavy atom. The maximum Gasteiger partial charge on any atom is 0.251 e. The quantitative estimate of drug-likeness (QED) is 0.833. The zero-order valence-electron chi connectivity index (χ0n) is 14.9. The van der Waals surface area contributed by atoms with E-state index in [2.05, 4.69) is 10.4 Å². The van der Waals surface area contributed by atoms with Crippen LogP contribution in [0.15, 0.2) is 18.2 Å². The van der Waals surface area contributed by atoms with Crippen LogP contribution in [0.5, 0.6) is 5.75 Å². The summed E-state index contributed by atoms with van der Waals surface area (Å²) >= 11 is 0. The van der Waals surface area contributed by atoms with E-state index < -0.39 is 0 Å². The van der Waals surface area contributed by atoms with Crippen LogP contribution in [0.2, 0.25) is 0 Å². The molecule has 0 radical (unpaired) electrons. The molecule has 1 aliphatic heterocycles. The number of nitrogens with zero attached hydrogens (tertiary/aromatic N) is 2. The number of rotatable bonds is 7. The fourth-order valence-corrected chi connectivity index (χ4v) is 2.95. The predicted octanol–water partition coefficient (Wildman–Crippen LogP) is 2.49. The maximum absolute atomic E-state index is 12.2. The molecule has 1 N–H and O–H groups in total. The number of nitrogens with one attached hydrogen (secondary N) is 1. The number of carbonyl (C=O) groups excluding carboxylic acids is 1. The summed E-state index contributed by atoms with van der Waals surface area (Å²) in [5.74, 6) is 0.952. The second kappa shape index (κ2) is 7.84. The van der Waals surface area contributed by atoms with Crippen LogP contribution in [-0.2, 0) is 21.3 Å². The summed E-state index contributed by atoms with van der Waals surface area (Å²) in [6.07, 6.45) is 2.18. The second-order valence-corrected chi connectivity index (χ2v) is 6.49. The molecule has 2 aromatic rings. The molecular formula is C18H25N3O4. The fourth-order valence-electron chi connectivity index (χ4n) is 2.95. The van der Waals surface area contributed by atoms with E-state index in [9.17, 15) is 4.79 Å². The average molecular weight is 347 g/mol. The highest BCUT2D eigenvalue weighted by atomic mass is 16.5. The Labute approximate surface area is 147 Å². The third-order valence-electron chi connectivity index (χ3n) is 4.02. The maximum atomic E-state index is 12.2. The first-order valence-electron chi connectivity index (χ1n) is 8.66. The molecule has 3 rings (SSSR count). The Hall–Kier alpha value is -2.12. The third kappa shape index (κ3) is 4.29. The van der Waals surface area contributed by atoms with Crippen LogP contribution in [0.25, 0.3) is 10.9 Å². The molecule has 0 spiro atoms. The molecule has 1 atom stereocenters. The molecule has 1 aliphatic rings. The Morgan fingerprint density at radius 1 is 1.48 bits per heavy atom. The monoisotopic (exact) mass is 347 g/mol. The van der Waals surface area contributed by atoms with Crippen LogP contribution in [0.3, 0.4) is 0 Å². The standard InChI is InChI=1S/C18H25N3O4/c1-12(2)25-15-8-4-7-14-17(15)18(20-21(14)3)19-16(22)11-23-10-13-6-5-9-24-13/h4,7-8,12-13H,5-6,9-11H2,1-3H3,(H,19,20,22)/t13-/m0/s1. The van der Waals surface area contributed by atoms with E-state index in [1.54, 1.807) is 4.68 Å². The molecule has 1 fully saturated rings. The SMILES string of the molecule is CC(C)Oc1cccc2c1c(NC(=O)COC[C@@H]1CCCO1)nn2C. The first-order chi connectivity index (χ1) is 12.0. The van der Waals surface area contributed by atoms with Gasteiger partial charge in [-0.2, -0.15) is 5.10 Å². The first-order valence-corrected chi connectivity index (χ1v) is 8.66. The molecular weight excluding hydrogens is 322 g/mol. The number of aromatic nitrogens is 2. The Morgan fingerprint density at radius 2 is 2.32 bits per heavy atom. The zero-order valence-corrected chi connectivity index (χ0v) is 14.9. The highest BCUT2D eigenvalue weighted by molar-refractivity contribution is 6.03. The number of aryl methyl sites for hydroxylation is 1. The highest BCUT2D eigenvalue weighted by Crippen LogP contribution is 2.32. The summed E-state index contributed by atoms with van der Waals surface area (Å²) in [7, 11) is 1.84. The number of benzene rings is 1. The molecule has 0 aliphatic carbocycles. The van der Waals surface area contributed by atoms with Crippen LogP contribution >= 0.6 is 0 Å². The van der Waals surface area contributed by atoms with Gasteiger partial charge < -0.3 is 19.5 Å². The molecule has 0 unspecified atom stereocenters. The number of anilines is 1. The van der Waals surface area contributed by atoms with Gasteiger partial charge in [-0.05, 0) is 38.8 Å². The van der Waals surface area contributed by atoms with Crippen molar-refractivity contribution >= 4 is 22.6 Å². The summed E-state index contributed by atoms with van der Waals surface area (Å²) in [6.45, 7) is 5.13. The molecule has 1 amide bonds. The summed E-state index contributed by atoms with van der Waals surface area (Å²) in [4.78, 5) is 12.2. The second-order valence-electron chi connectivity index (χ2n) is 6.49. The minimum Gasteiger partial charge on any atom is -0.490 e. The highest BCUT2D eigenvalue weighted by Gasteiger charge is 2.18. The average Bonchev–Trinajstić information content (AvgIpc) is 3.16. The molecule has 0 saturated carbocycles. The number of hydrogen-bond acceptors (Lipinski definition) is 5. The molecule has 136 valence electrons. The first kappa shape index (κ1) is 17.7.